The highest BCUT2D eigenvalue weighted by molar-refractivity contribution is 5.75. The van der Waals surface area contributed by atoms with E-state index in [0.717, 1.165) is 19.6 Å². The maximum atomic E-state index is 11.1. The zero-order valence-corrected chi connectivity index (χ0v) is 9.05. The molecule has 0 aromatic rings. The minimum absolute atomic E-state index is 0.0860. The fourth-order valence-corrected chi connectivity index (χ4v) is 1.18. The number of rotatable bonds is 7. The summed E-state index contributed by atoms with van der Waals surface area (Å²) in [6.07, 6.45) is 1.05. The molecule has 0 aliphatic carbocycles. The Bertz CT molecular complexity index is 198. The van der Waals surface area contributed by atoms with Crippen molar-refractivity contribution in [1.29, 1.82) is 5.26 Å². The van der Waals surface area contributed by atoms with Crippen molar-refractivity contribution in [2.24, 2.45) is 0 Å². The molecule has 1 N–H and O–H groups in total. The molecule has 0 radical (unpaired) electrons. The summed E-state index contributed by atoms with van der Waals surface area (Å²) >= 11 is 0. The van der Waals surface area contributed by atoms with Crippen LogP contribution in [0, 0.1) is 11.3 Å². The van der Waals surface area contributed by atoms with Gasteiger partial charge >= 0.3 is 0 Å². The monoisotopic (exact) mass is 197 g/mol. The largest absolute Gasteiger partial charge is 0.356 e. The summed E-state index contributed by atoms with van der Waals surface area (Å²) in [7, 11) is 0. The lowest BCUT2D eigenvalue weighted by Crippen LogP contribution is -2.31. The van der Waals surface area contributed by atoms with Crippen LogP contribution < -0.4 is 5.32 Å². The molecule has 14 heavy (non-hydrogen) atoms. The van der Waals surface area contributed by atoms with Crippen LogP contribution in [0.2, 0.25) is 0 Å². The van der Waals surface area contributed by atoms with Gasteiger partial charge in [-0.1, -0.05) is 6.92 Å². The summed E-state index contributed by atoms with van der Waals surface area (Å²) in [5.41, 5.74) is 0. The number of nitrogens with one attached hydrogen (secondary N) is 1. The van der Waals surface area contributed by atoms with Crippen LogP contribution in [-0.2, 0) is 4.79 Å². The maximum Gasteiger partial charge on any atom is 0.221 e. The van der Waals surface area contributed by atoms with Crippen LogP contribution in [0.1, 0.15) is 26.7 Å². The van der Waals surface area contributed by atoms with Gasteiger partial charge in [0.05, 0.1) is 6.07 Å². The molecule has 0 aromatic heterocycles. The van der Waals surface area contributed by atoms with E-state index in [-0.39, 0.29) is 5.91 Å². The van der Waals surface area contributed by atoms with Crippen molar-refractivity contribution in [3.05, 3.63) is 0 Å². The van der Waals surface area contributed by atoms with Gasteiger partial charge < -0.3 is 10.2 Å². The predicted octanol–water partition coefficient (Wildman–Crippen LogP) is 0.748. The second-order valence-corrected chi connectivity index (χ2v) is 3.05. The minimum Gasteiger partial charge on any atom is -0.356 e. The van der Waals surface area contributed by atoms with E-state index in [1.165, 1.54) is 0 Å². The lowest BCUT2D eigenvalue weighted by atomic mass is 10.3. The van der Waals surface area contributed by atoms with Gasteiger partial charge in [-0.15, -0.1) is 0 Å². The molecule has 0 saturated heterocycles. The third-order valence-electron chi connectivity index (χ3n) is 2.02. The highest BCUT2D eigenvalue weighted by Gasteiger charge is 2.04. The molecule has 0 saturated carbocycles. The van der Waals surface area contributed by atoms with Gasteiger partial charge in [0.15, 0.2) is 0 Å². The fourth-order valence-electron chi connectivity index (χ4n) is 1.18. The van der Waals surface area contributed by atoms with E-state index in [1.54, 1.807) is 0 Å². The number of nitrogens with zero attached hydrogens (tertiary/aromatic N) is 2. The first-order chi connectivity index (χ1) is 6.74. The van der Waals surface area contributed by atoms with Crippen molar-refractivity contribution in [1.82, 2.24) is 10.2 Å². The number of hydrogen-bond acceptors (Lipinski definition) is 3. The SMILES string of the molecule is CCNC(=O)CCN(CC)CCC#N. The number of hydrogen-bond donors (Lipinski definition) is 1. The Morgan fingerprint density at radius 2 is 2.14 bits per heavy atom. The Kier molecular flexibility index (Phi) is 7.86. The van der Waals surface area contributed by atoms with E-state index in [2.05, 4.69) is 16.3 Å². The van der Waals surface area contributed by atoms with Crippen LogP contribution in [0.15, 0.2) is 0 Å². The molecule has 0 aliphatic rings. The summed E-state index contributed by atoms with van der Waals surface area (Å²) in [4.78, 5) is 13.2. The van der Waals surface area contributed by atoms with Crippen molar-refractivity contribution in [3.63, 3.8) is 0 Å². The summed E-state index contributed by atoms with van der Waals surface area (Å²) in [6.45, 7) is 7.01. The van der Waals surface area contributed by atoms with Gasteiger partial charge in [-0.25, -0.2) is 0 Å². The lowest BCUT2D eigenvalue weighted by Gasteiger charge is -2.18. The summed E-state index contributed by atoms with van der Waals surface area (Å²) in [5.74, 6) is 0.0860. The summed E-state index contributed by atoms with van der Waals surface area (Å²) < 4.78 is 0. The average Bonchev–Trinajstić information content (AvgIpc) is 2.19. The van der Waals surface area contributed by atoms with Gasteiger partial charge in [-0.2, -0.15) is 5.26 Å². The Morgan fingerprint density at radius 1 is 1.43 bits per heavy atom. The molecule has 0 rings (SSSR count). The van der Waals surface area contributed by atoms with Crippen molar-refractivity contribution in [2.45, 2.75) is 26.7 Å². The third kappa shape index (κ3) is 6.44. The molecule has 0 spiro atoms. The van der Waals surface area contributed by atoms with Crippen LogP contribution in [0.3, 0.4) is 0 Å². The first-order valence-corrected chi connectivity index (χ1v) is 5.10. The minimum atomic E-state index is 0.0860. The van der Waals surface area contributed by atoms with E-state index < -0.39 is 0 Å². The number of nitriles is 1. The highest BCUT2D eigenvalue weighted by atomic mass is 16.1. The molecule has 0 unspecified atom stereocenters. The summed E-state index contributed by atoms with van der Waals surface area (Å²) in [5, 5.41) is 11.2. The topological polar surface area (TPSA) is 56.1 Å². The number of carbonyl (C=O) groups excluding carboxylic acids is 1. The smallest absolute Gasteiger partial charge is 0.221 e. The molecule has 0 bridgehead atoms. The average molecular weight is 197 g/mol. The zero-order valence-electron chi connectivity index (χ0n) is 9.05. The molecule has 0 aromatic carbocycles. The van der Waals surface area contributed by atoms with Crippen LogP contribution in [0.5, 0.6) is 0 Å². The van der Waals surface area contributed by atoms with Crippen molar-refractivity contribution < 1.29 is 4.79 Å². The van der Waals surface area contributed by atoms with E-state index in [4.69, 9.17) is 5.26 Å². The van der Waals surface area contributed by atoms with Crippen molar-refractivity contribution >= 4 is 5.91 Å². The Balaban J connectivity index is 3.61. The third-order valence-corrected chi connectivity index (χ3v) is 2.02. The maximum absolute atomic E-state index is 11.1. The standard InChI is InChI=1S/C10H19N3O/c1-3-12-10(14)6-9-13(4-2)8-5-7-11/h3-6,8-9H2,1-2H3,(H,12,14). The first kappa shape index (κ1) is 12.9. The second kappa shape index (κ2) is 8.52. The van der Waals surface area contributed by atoms with Gasteiger partial charge in [-0.05, 0) is 13.5 Å². The number of amides is 1. The molecule has 1 amide bonds. The highest BCUT2D eigenvalue weighted by Crippen LogP contribution is 1.93. The molecule has 0 aliphatic heterocycles. The molecular weight excluding hydrogens is 178 g/mol. The Labute approximate surface area is 85.9 Å². The molecular formula is C10H19N3O. The van der Waals surface area contributed by atoms with Gasteiger partial charge in [0.25, 0.3) is 0 Å². The van der Waals surface area contributed by atoms with Gasteiger partial charge in [0.1, 0.15) is 0 Å². The fraction of sp³-hybridized carbons (Fsp3) is 0.800. The predicted molar refractivity (Wildman–Crippen MR) is 55.6 cm³/mol. The summed E-state index contributed by atoms with van der Waals surface area (Å²) in [6, 6.07) is 2.10. The molecule has 4 nitrogen and oxygen atoms in total. The van der Waals surface area contributed by atoms with Gasteiger partial charge in [-0.3, -0.25) is 4.79 Å². The first-order valence-electron chi connectivity index (χ1n) is 5.10. The molecule has 80 valence electrons. The van der Waals surface area contributed by atoms with Crippen LogP contribution in [-0.4, -0.2) is 37.0 Å². The Morgan fingerprint density at radius 3 is 2.64 bits per heavy atom. The molecule has 0 fully saturated rings. The molecule has 0 atom stereocenters. The second-order valence-electron chi connectivity index (χ2n) is 3.05. The van der Waals surface area contributed by atoms with Crippen molar-refractivity contribution in [2.75, 3.05) is 26.2 Å². The van der Waals surface area contributed by atoms with E-state index >= 15 is 0 Å². The van der Waals surface area contributed by atoms with Crippen molar-refractivity contribution in [3.8, 4) is 6.07 Å². The van der Waals surface area contributed by atoms with E-state index in [9.17, 15) is 4.79 Å². The quantitative estimate of drug-likeness (QED) is 0.655. The lowest BCUT2D eigenvalue weighted by molar-refractivity contribution is -0.121. The Hall–Kier alpha value is -1.08. The van der Waals surface area contributed by atoms with E-state index in [1.807, 2.05) is 13.8 Å². The van der Waals surface area contributed by atoms with E-state index in [0.29, 0.717) is 19.4 Å². The van der Waals surface area contributed by atoms with Crippen LogP contribution in [0.4, 0.5) is 0 Å². The molecule has 0 heterocycles. The van der Waals surface area contributed by atoms with Crippen LogP contribution >= 0.6 is 0 Å². The van der Waals surface area contributed by atoms with Gasteiger partial charge in [0.2, 0.25) is 5.91 Å². The normalized spacial score (nSPS) is 9.86. The van der Waals surface area contributed by atoms with Crippen LogP contribution in [0.25, 0.3) is 0 Å². The number of carbonyl (C=O) groups is 1. The molecule has 4 heteroatoms. The van der Waals surface area contributed by atoms with Gasteiger partial charge in [0, 0.05) is 32.5 Å². The zero-order chi connectivity index (χ0) is 10.8.